The third kappa shape index (κ3) is 4.50. The van der Waals surface area contributed by atoms with Crippen molar-refractivity contribution < 1.29 is 9.59 Å². The Kier molecular flexibility index (Phi) is 5.68. The van der Waals surface area contributed by atoms with Gasteiger partial charge in [-0.25, -0.2) is 4.98 Å². The summed E-state index contributed by atoms with van der Waals surface area (Å²) < 4.78 is 0. The van der Waals surface area contributed by atoms with Crippen LogP contribution in [-0.2, 0) is 10.2 Å². The van der Waals surface area contributed by atoms with E-state index in [1.165, 1.54) is 0 Å². The van der Waals surface area contributed by atoms with Gasteiger partial charge in [-0.1, -0.05) is 39.0 Å². The van der Waals surface area contributed by atoms with Crippen LogP contribution < -0.4 is 10.2 Å². The molecule has 3 rings (SSSR count). The molecule has 2 amide bonds. The number of anilines is 2. The lowest BCUT2D eigenvalue weighted by Gasteiger charge is -2.34. The number of hydrogen-bond donors (Lipinski definition) is 1. The van der Waals surface area contributed by atoms with E-state index >= 15 is 0 Å². The predicted octanol–water partition coefficient (Wildman–Crippen LogP) is 3.30. The first-order valence-electron chi connectivity index (χ1n) is 9.63. The molecule has 0 bridgehead atoms. The van der Waals surface area contributed by atoms with Crippen molar-refractivity contribution >= 4 is 23.3 Å². The summed E-state index contributed by atoms with van der Waals surface area (Å²) in [5.74, 6) is 0.766. The molecule has 148 valence electrons. The van der Waals surface area contributed by atoms with Gasteiger partial charge in [0.1, 0.15) is 5.82 Å². The van der Waals surface area contributed by atoms with Crippen LogP contribution >= 0.6 is 0 Å². The molecule has 0 radical (unpaired) electrons. The molecule has 1 aliphatic rings. The summed E-state index contributed by atoms with van der Waals surface area (Å²) in [4.78, 5) is 32.6. The van der Waals surface area contributed by atoms with Gasteiger partial charge in [-0.15, -0.1) is 0 Å². The maximum atomic E-state index is 12.7. The van der Waals surface area contributed by atoms with E-state index in [9.17, 15) is 9.59 Å². The first kappa shape index (κ1) is 19.9. The second-order valence-electron chi connectivity index (χ2n) is 8.15. The molecule has 1 saturated heterocycles. The largest absolute Gasteiger partial charge is 0.353 e. The lowest BCUT2D eigenvalue weighted by Crippen LogP contribution is -2.48. The van der Waals surface area contributed by atoms with Gasteiger partial charge in [0, 0.05) is 45.0 Å². The number of amides is 2. The van der Waals surface area contributed by atoms with Crippen molar-refractivity contribution in [3.8, 4) is 0 Å². The Morgan fingerprint density at radius 2 is 1.68 bits per heavy atom. The first-order valence-corrected chi connectivity index (χ1v) is 9.63. The van der Waals surface area contributed by atoms with Crippen LogP contribution in [0.4, 0.5) is 11.5 Å². The van der Waals surface area contributed by atoms with Gasteiger partial charge >= 0.3 is 0 Å². The Morgan fingerprint density at radius 3 is 2.25 bits per heavy atom. The second kappa shape index (κ2) is 8.00. The summed E-state index contributed by atoms with van der Waals surface area (Å²) in [6.45, 7) is 10.9. The Labute approximate surface area is 166 Å². The van der Waals surface area contributed by atoms with E-state index in [-0.39, 0.29) is 17.2 Å². The third-order valence-electron chi connectivity index (χ3n) is 5.04. The zero-order valence-corrected chi connectivity index (χ0v) is 17.0. The zero-order valence-electron chi connectivity index (χ0n) is 17.0. The standard InChI is InChI=1S/C22H28N4O2/c1-16(27)25-11-13-26(14-12-25)20-10-9-17(15-23-20)21(28)24-19-8-6-5-7-18(19)22(2,3)4/h5-10,15H,11-14H2,1-4H3,(H,24,28). The molecule has 1 aromatic heterocycles. The average molecular weight is 380 g/mol. The predicted molar refractivity (Wildman–Crippen MR) is 112 cm³/mol. The van der Waals surface area contributed by atoms with E-state index < -0.39 is 0 Å². The topological polar surface area (TPSA) is 65.5 Å². The molecule has 0 spiro atoms. The number of pyridine rings is 1. The number of aromatic nitrogens is 1. The maximum absolute atomic E-state index is 12.7. The fourth-order valence-corrected chi connectivity index (χ4v) is 3.40. The van der Waals surface area contributed by atoms with Gasteiger partial charge in [-0.3, -0.25) is 9.59 Å². The van der Waals surface area contributed by atoms with Crippen molar-refractivity contribution in [3.63, 3.8) is 0 Å². The number of carbonyl (C=O) groups is 2. The molecule has 1 aromatic carbocycles. The second-order valence-corrected chi connectivity index (χ2v) is 8.15. The van der Waals surface area contributed by atoms with Gasteiger partial charge in [0.15, 0.2) is 0 Å². The maximum Gasteiger partial charge on any atom is 0.257 e. The van der Waals surface area contributed by atoms with Crippen LogP contribution in [0.2, 0.25) is 0 Å². The van der Waals surface area contributed by atoms with Crippen molar-refractivity contribution in [2.24, 2.45) is 0 Å². The summed E-state index contributed by atoms with van der Waals surface area (Å²) in [7, 11) is 0. The minimum atomic E-state index is -0.169. The van der Waals surface area contributed by atoms with Crippen LogP contribution in [0.3, 0.4) is 0 Å². The van der Waals surface area contributed by atoms with Crippen molar-refractivity contribution in [3.05, 3.63) is 53.7 Å². The Morgan fingerprint density at radius 1 is 1.00 bits per heavy atom. The number of benzene rings is 1. The SMILES string of the molecule is CC(=O)N1CCN(c2ccc(C(=O)Nc3ccccc3C(C)(C)C)cn2)CC1. The van der Waals surface area contributed by atoms with Gasteiger partial charge in [-0.05, 0) is 29.2 Å². The molecule has 0 saturated carbocycles. The molecule has 0 unspecified atom stereocenters. The van der Waals surface area contributed by atoms with Crippen LogP contribution in [-0.4, -0.2) is 47.9 Å². The molecular weight excluding hydrogens is 352 g/mol. The highest BCUT2D eigenvalue weighted by molar-refractivity contribution is 6.04. The van der Waals surface area contributed by atoms with Crippen LogP contribution in [0, 0.1) is 0 Å². The average Bonchev–Trinajstić information content (AvgIpc) is 2.68. The first-order chi connectivity index (χ1) is 13.3. The van der Waals surface area contributed by atoms with E-state index in [0.29, 0.717) is 18.7 Å². The minimum absolute atomic E-state index is 0.0615. The van der Waals surface area contributed by atoms with Crippen LogP contribution in [0.5, 0.6) is 0 Å². The van der Waals surface area contributed by atoms with Gasteiger partial charge in [0.25, 0.3) is 5.91 Å². The Balaban J connectivity index is 1.68. The summed E-state index contributed by atoms with van der Waals surface area (Å²) in [6.07, 6.45) is 1.61. The molecule has 1 N–H and O–H groups in total. The van der Waals surface area contributed by atoms with Gasteiger partial charge < -0.3 is 15.1 Å². The number of nitrogens with zero attached hydrogens (tertiary/aromatic N) is 3. The fraction of sp³-hybridized carbons (Fsp3) is 0.409. The monoisotopic (exact) mass is 380 g/mol. The molecule has 0 aliphatic carbocycles. The Hall–Kier alpha value is -2.89. The molecule has 6 heteroatoms. The molecule has 1 aliphatic heterocycles. The lowest BCUT2D eigenvalue weighted by atomic mass is 9.86. The summed E-state index contributed by atoms with van der Waals surface area (Å²) in [5, 5.41) is 3.01. The number of nitrogens with one attached hydrogen (secondary N) is 1. The molecule has 28 heavy (non-hydrogen) atoms. The molecule has 2 aromatic rings. The molecule has 1 fully saturated rings. The quantitative estimate of drug-likeness (QED) is 0.887. The van der Waals surface area contributed by atoms with Crippen molar-refractivity contribution in [2.75, 3.05) is 36.4 Å². The van der Waals surface area contributed by atoms with Crippen molar-refractivity contribution in [1.82, 2.24) is 9.88 Å². The number of hydrogen-bond acceptors (Lipinski definition) is 4. The minimum Gasteiger partial charge on any atom is -0.353 e. The third-order valence-corrected chi connectivity index (χ3v) is 5.04. The molecule has 2 heterocycles. The van der Waals surface area contributed by atoms with Gasteiger partial charge in [0.05, 0.1) is 5.56 Å². The van der Waals surface area contributed by atoms with Crippen LogP contribution in [0.25, 0.3) is 0 Å². The highest BCUT2D eigenvalue weighted by Gasteiger charge is 2.21. The van der Waals surface area contributed by atoms with E-state index in [2.05, 4.69) is 36.0 Å². The number of carbonyl (C=O) groups excluding carboxylic acids is 2. The van der Waals surface area contributed by atoms with E-state index in [4.69, 9.17) is 0 Å². The zero-order chi connectivity index (χ0) is 20.3. The highest BCUT2D eigenvalue weighted by atomic mass is 16.2. The summed E-state index contributed by atoms with van der Waals surface area (Å²) in [6, 6.07) is 11.5. The summed E-state index contributed by atoms with van der Waals surface area (Å²) in [5.41, 5.74) is 2.38. The van der Waals surface area contributed by atoms with Crippen molar-refractivity contribution in [1.29, 1.82) is 0 Å². The van der Waals surface area contributed by atoms with E-state index in [1.54, 1.807) is 19.2 Å². The van der Waals surface area contributed by atoms with E-state index in [1.807, 2.05) is 35.2 Å². The summed E-state index contributed by atoms with van der Waals surface area (Å²) >= 11 is 0. The molecule has 0 atom stereocenters. The van der Waals surface area contributed by atoms with E-state index in [0.717, 1.165) is 30.2 Å². The van der Waals surface area contributed by atoms with Gasteiger partial charge in [-0.2, -0.15) is 0 Å². The Bertz CT molecular complexity index is 848. The van der Waals surface area contributed by atoms with Gasteiger partial charge in [0.2, 0.25) is 5.91 Å². The van der Waals surface area contributed by atoms with Crippen molar-refractivity contribution in [2.45, 2.75) is 33.1 Å². The normalized spacial score (nSPS) is 14.7. The van der Waals surface area contributed by atoms with Crippen LogP contribution in [0.15, 0.2) is 42.6 Å². The fourth-order valence-electron chi connectivity index (χ4n) is 3.40. The lowest BCUT2D eigenvalue weighted by molar-refractivity contribution is -0.129. The molecular formula is C22H28N4O2. The number of rotatable bonds is 3. The smallest absolute Gasteiger partial charge is 0.257 e. The highest BCUT2D eigenvalue weighted by Crippen LogP contribution is 2.29. The number of para-hydroxylation sites is 1. The van der Waals surface area contributed by atoms with Crippen LogP contribution in [0.1, 0.15) is 43.6 Å². The molecule has 6 nitrogen and oxygen atoms in total. The number of piperazine rings is 1.